The number of benzene rings is 2. The first-order chi connectivity index (χ1) is 11.6. The van der Waals surface area contributed by atoms with Crippen LogP contribution in [0, 0.1) is 6.92 Å². The Morgan fingerprint density at radius 2 is 2.00 bits per heavy atom. The van der Waals surface area contributed by atoms with Crippen LogP contribution in [-0.4, -0.2) is 23.0 Å². The molecule has 0 radical (unpaired) electrons. The summed E-state index contributed by atoms with van der Waals surface area (Å²) in [5, 5.41) is 0.512. The van der Waals surface area contributed by atoms with Gasteiger partial charge in [0.15, 0.2) is 0 Å². The van der Waals surface area contributed by atoms with Gasteiger partial charge in [-0.15, -0.1) is 0 Å². The Labute approximate surface area is 138 Å². The highest BCUT2D eigenvalue weighted by Gasteiger charge is 2.11. The molecule has 1 heterocycles. The van der Waals surface area contributed by atoms with E-state index in [4.69, 9.17) is 9.47 Å². The van der Waals surface area contributed by atoms with Crippen molar-refractivity contribution in [3.8, 4) is 5.75 Å². The van der Waals surface area contributed by atoms with Crippen molar-refractivity contribution in [2.24, 2.45) is 0 Å². The fraction of sp³-hybridized carbons (Fsp3) is 0.167. The summed E-state index contributed by atoms with van der Waals surface area (Å²) in [6.07, 6.45) is 0. The minimum Gasteiger partial charge on any atom is -0.497 e. The molecule has 0 bridgehead atoms. The smallest absolute Gasteiger partial charge is 0.338 e. The molecule has 0 atom stereocenters. The number of hydrogen-bond acceptors (Lipinski definition) is 5. The molecule has 0 saturated carbocycles. The molecule has 2 aromatic carbocycles. The van der Waals surface area contributed by atoms with Crippen LogP contribution < -0.4 is 10.3 Å². The molecule has 24 heavy (non-hydrogen) atoms. The highest BCUT2D eigenvalue weighted by molar-refractivity contribution is 5.89. The number of rotatable bonds is 4. The Balaban J connectivity index is 1.81. The van der Waals surface area contributed by atoms with Crippen molar-refractivity contribution in [2.45, 2.75) is 13.5 Å². The van der Waals surface area contributed by atoms with E-state index in [1.807, 2.05) is 13.0 Å². The Morgan fingerprint density at radius 1 is 1.21 bits per heavy atom. The zero-order valence-electron chi connectivity index (χ0n) is 13.3. The van der Waals surface area contributed by atoms with E-state index < -0.39 is 5.97 Å². The van der Waals surface area contributed by atoms with Crippen molar-refractivity contribution in [3.05, 3.63) is 69.8 Å². The standard InChI is InChI=1S/C18H16N2O4/c1-11-5-3-8-14-16(11)19-15(20-17(14)21)10-24-18(22)12-6-4-7-13(9-12)23-2/h3-9H,10H2,1-2H3,(H,19,20,21). The van der Waals surface area contributed by atoms with Gasteiger partial charge in [-0.2, -0.15) is 0 Å². The molecular formula is C18H16N2O4. The van der Waals surface area contributed by atoms with E-state index in [2.05, 4.69) is 9.97 Å². The van der Waals surface area contributed by atoms with Crippen molar-refractivity contribution in [1.29, 1.82) is 0 Å². The number of H-pyrrole nitrogens is 1. The van der Waals surface area contributed by atoms with Crippen LogP contribution in [0.15, 0.2) is 47.3 Å². The summed E-state index contributed by atoms with van der Waals surface area (Å²) in [4.78, 5) is 31.2. The number of esters is 1. The van der Waals surface area contributed by atoms with Crippen LogP contribution in [0.3, 0.4) is 0 Å². The molecule has 3 rings (SSSR count). The fourth-order valence-electron chi connectivity index (χ4n) is 2.39. The number of fused-ring (bicyclic) bond motifs is 1. The lowest BCUT2D eigenvalue weighted by Gasteiger charge is -2.07. The number of methoxy groups -OCH3 is 1. The van der Waals surface area contributed by atoms with Crippen LogP contribution in [0.25, 0.3) is 10.9 Å². The predicted octanol–water partition coefficient (Wildman–Crippen LogP) is 2.60. The maximum Gasteiger partial charge on any atom is 0.338 e. The number of nitrogens with one attached hydrogen (secondary N) is 1. The largest absolute Gasteiger partial charge is 0.497 e. The van der Waals surface area contributed by atoms with Crippen molar-refractivity contribution in [1.82, 2.24) is 9.97 Å². The number of aryl methyl sites for hydroxylation is 1. The average Bonchev–Trinajstić information content (AvgIpc) is 2.60. The molecule has 0 unspecified atom stereocenters. The Morgan fingerprint density at radius 3 is 2.79 bits per heavy atom. The van der Waals surface area contributed by atoms with Gasteiger partial charge in [-0.05, 0) is 36.8 Å². The highest BCUT2D eigenvalue weighted by atomic mass is 16.5. The molecule has 0 aliphatic carbocycles. The lowest BCUT2D eigenvalue weighted by atomic mass is 10.1. The lowest BCUT2D eigenvalue weighted by Crippen LogP contribution is -2.15. The summed E-state index contributed by atoms with van der Waals surface area (Å²) in [6.45, 7) is 1.76. The number of ether oxygens (including phenoxy) is 2. The molecule has 122 valence electrons. The van der Waals surface area contributed by atoms with Crippen molar-refractivity contribution in [2.75, 3.05) is 7.11 Å². The molecule has 6 heteroatoms. The molecule has 0 saturated heterocycles. The monoisotopic (exact) mass is 324 g/mol. The zero-order chi connectivity index (χ0) is 17.1. The summed E-state index contributed by atoms with van der Waals surface area (Å²) >= 11 is 0. The third-order valence-corrected chi connectivity index (χ3v) is 3.63. The lowest BCUT2D eigenvalue weighted by molar-refractivity contribution is 0.0462. The van der Waals surface area contributed by atoms with Gasteiger partial charge in [-0.25, -0.2) is 9.78 Å². The van der Waals surface area contributed by atoms with E-state index in [1.54, 1.807) is 36.4 Å². The summed E-state index contributed by atoms with van der Waals surface area (Å²) < 4.78 is 10.3. The van der Waals surface area contributed by atoms with E-state index in [9.17, 15) is 9.59 Å². The summed E-state index contributed by atoms with van der Waals surface area (Å²) in [6, 6.07) is 12.0. The van der Waals surface area contributed by atoms with Crippen molar-refractivity contribution >= 4 is 16.9 Å². The Hall–Kier alpha value is -3.15. The van der Waals surface area contributed by atoms with Crippen LogP contribution in [0.2, 0.25) is 0 Å². The number of aromatic amines is 1. The van der Waals surface area contributed by atoms with E-state index in [0.717, 1.165) is 5.56 Å². The molecule has 3 aromatic rings. The van der Waals surface area contributed by atoms with Crippen LogP contribution in [-0.2, 0) is 11.3 Å². The van der Waals surface area contributed by atoms with Gasteiger partial charge in [0.2, 0.25) is 0 Å². The van der Waals surface area contributed by atoms with Gasteiger partial charge in [-0.3, -0.25) is 4.79 Å². The molecule has 0 aliphatic heterocycles. The second kappa shape index (κ2) is 6.54. The fourth-order valence-corrected chi connectivity index (χ4v) is 2.39. The maximum atomic E-state index is 12.1. The van der Waals surface area contributed by atoms with Gasteiger partial charge in [0.25, 0.3) is 5.56 Å². The molecule has 1 N–H and O–H groups in total. The number of carbonyl (C=O) groups is 1. The first-order valence-electron chi connectivity index (χ1n) is 7.38. The third kappa shape index (κ3) is 3.12. The minimum absolute atomic E-state index is 0.116. The second-order valence-electron chi connectivity index (χ2n) is 5.29. The quantitative estimate of drug-likeness (QED) is 0.746. The summed E-state index contributed by atoms with van der Waals surface area (Å²) in [5.74, 6) is 0.358. The Kier molecular flexibility index (Phi) is 4.29. The molecule has 0 amide bonds. The number of aromatic nitrogens is 2. The zero-order valence-corrected chi connectivity index (χ0v) is 13.3. The molecule has 0 fully saturated rings. The SMILES string of the molecule is COc1cccc(C(=O)OCc2nc3c(C)cccc3c(=O)[nH]2)c1. The van der Waals surface area contributed by atoms with E-state index in [1.165, 1.54) is 7.11 Å². The van der Waals surface area contributed by atoms with Gasteiger partial charge in [-0.1, -0.05) is 18.2 Å². The van der Waals surface area contributed by atoms with Crippen molar-refractivity contribution < 1.29 is 14.3 Å². The summed E-state index contributed by atoms with van der Waals surface area (Å²) in [7, 11) is 1.52. The van der Waals surface area contributed by atoms with E-state index in [0.29, 0.717) is 28.0 Å². The number of para-hydroxylation sites is 1. The third-order valence-electron chi connectivity index (χ3n) is 3.63. The summed E-state index contributed by atoms with van der Waals surface area (Å²) in [5.41, 5.74) is 1.61. The number of hydrogen-bond donors (Lipinski definition) is 1. The maximum absolute atomic E-state index is 12.1. The Bertz CT molecular complexity index is 963. The molecule has 1 aromatic heterocycles. The normalized spacial score (nSPS) is 10.6. The van der Waals surface area contributed by atoms with Gasteiger partial charge >= 0.3 is 5.97 Å². The van der Waals surface area contributed by atoms with Gasteiger partial charge in [0, 0.05) is 0 Å². The second-order valence-corrected chi connectivity index (χ2v) is 5.29. The average molecular weight is 324 g/mol. The van der Waals surface area contributed by atoms with Crippen LogP contribution in [0.5, 0.6) is 5.75 Å². The number of carbonyl (C=O) groups excluding carboxylic acids is 1. The topological polar surface area (TPSA) is 81.3 Å². The minimum atomic E-state index is -0.513. The van der Waals surface area contributed by atoms with Crippen molar-refractivity contribution in [3.63, 3.8) is 0 Å². The molecular weight excluding hydrogens is 308 g/mol. The van der Waals surface area contributed by atoms with Gasteiger partial charge in [0.1, 0.15) is 18.2 Å². The molecule has 6 nitrogen and oxygen atoms in total. The van der Waals surface area contributed by atoms with Crippen LogP contribution in [0.4, 0.5) is 0 Å². The van der Waals surface area contributed by atoms with Crippen LogP contribution in [0.1, 0.15) is 21.7 Å². The van der Waals surface area contributed by atoms with Crippen LogP contribution >= 0.6 is 0 Å². The first-order valence-corrected chi connectivity index (χ1v) is 7.38. The van der Waals surface area contributed by atoms with E-state index >= 15 is 0 Å². The number of nitrogens with zero attached hydrogens (tertiary/aromatic N) is 1. The molecule has 0 aliphatic rings. The first kappa shape index (κ1) is 15.7. The molecule has 0 spiro atoms. The highest BCUT2D eigenvalue weighted by Crippen LogP contribution is 2.15. The van der Waals surface area contributed by atoms with E-state index in [-0.39, 0.29) is 12.2 Å². The van der Waals surface area contributed by atoms with Gasteiger partial charge in [0.05, 0.1) is 23.6 Å². The predicted molar refractivity (Wildman–Crippen MR) is 89.2 cm³/mol. The van der Waals surface area contributed by atoms with Gasteiger partial charge < -0.3 is 14.5 Å².